The summed E-state index contributed by atoms with van der Waals surface area (Å²) in [6.07, 6.45) is -9.68. The van der Waals surface area contributed by atoms with Gasteiger partial charge in [0.1, 0.15) is 46.9 Å². The van der Waals surface area contributed by atoms with Crippen molar-refractivity contribution in [3.05, 3.63) is 65.2 Å². The van der Waals surface area contributed by atoms with Gasteiger partial charge in [-0.05, 0) is 115 Å². The van der Waals surface area contributed by atoms with E-state index in [1.807, 2.05) is 34.6 Å². The summed E-state index contributed by atoms with van der Waals surface area (Å²) < 4.78 is 230. The van der Waals surface area contributed by atoms with Crippen LogP contribution in [0.1, 0.15) is 148 Å². The quantitative estimate of drug-likeness (QED) is 0.0409. The van der Waals surface area contributed by atoms with Crippen LogP contribution in [0.4, 0.5) is 35.1 Å². The predicted molar refractivity (Wildman–Crippen MR) is 393 cm³/mol. The molecule has 112 heavy (non-hydrogen) atoms. The van der Waals surface area contributed by atoms with E-state index in [1.54, 1.807) is 41.5 Å². The maximum atomic E-state index is 14.3. The monoisotopic (exact) mass is 1710 g/mol. The average Bonchev–Trinajstić information content (AvgIpc) is 1.62. The summed E-state index contributed by atoms with van der Waals surface area (Å²) in [4.78, 5) is 84.8. The van der Waals surface area contributed by atoms with Crippen LogP contribution in [0.25, 0.3) is 0 Å². The van der Waals surface area contributed by atoms with Crippen molar-refractivity contribution in [2.45, 2.75) is 276 Å². The van der Waals surface area contributed by atoms with Crippen molar-refractivity contribution < 1.29 is 170 Å². The molecular weight excluding hydrogens is 1600 g/mol. The van der Waals surface area contributed by atoms with Crippen molar-refractivity contribution in [2.24, 2.45) is 29.6 Å². The number of aromatic nitrogens is 4. The fourth-order valence-corrected chi connectivity index (χ4v) is 13.9. The number of carbonyl (C=O) groups is 3. The Bertz CT molecular complexity index is 3880. The van der Waals surface area contributed by atoms with Gasteiger partial charge in [-0.1, -0.05) is 41.5 Å². The van der Waals surface area contributed by atoms with Gasteiger partial charge in [-0.3, -0.25) is 38.5 Å². The van der Waals surface area contributed by atoms with E-state index in [4.69, 9.17) is 71.4 Å². The summed E-state index contributed by atoms with van der Waals surface area (Å²) >= 11 is 0. The molecule has 641 valence electrons. The van der Waals surface area contributed by atoms with Crippen LogP contribution in [0.15, 0.2) is 31.6 Å². The zero-order chi connectivity index (χ0) is 84.9. The molecule has 3 radical (unpaired) electrons. The third-order valence-corrected chi connectivity index (χ3v) is 25.2. The molecule has 8 aliphatic heterocycles. The first kappa shape index (κ1) is 105. The zero-order valence-electron chi connectivity index (χ0n) is 69.3. The van der Waals surface area contributed by atoms with Crippen LogP contribution in [0.3, 0.4) is 0 Å². The van der Waals surface area contributed by atoms with E-state index in [-0.39, 0.29) is 106 Å². The van der Waals surface area contributed by atoms with E-state index in [2.05, 4.69) is 28.8 Å². The average molecular weight is 1710 g/mol. The van der Waals surface area contributed by atoms with Crippen LogP contribution >= 0.6 is 28.6 Å². The van der Waals surface area contributed by atoms with Crippen LogP contribution in [-0.2, 0) is 99.0 Å². The molecule has 8 aliphatic rings. The first-order valence-electron chi connectivity index (χ1n) is 35.4. The Labute approximate surface area is 672 Å². The van der Waals surface area contributed by atoms with Gasteiger partial charge < -0.3 is 96.1 Å². The van der Waals surface area contributed by atoms with Gasteiger partial charge in [0.2, 0.25) is 6.29 Å². The number of alkyl halides is 8. The molecule has 44 heteroatoms. The summed E-state index contributed by atoms with van der Waals surface area (Å²) in [6, 6.07) is 0. The van der Waals surface area contributed by atoms with E-state index >= 15 is 0 Å². The molecule has 2 aromatic heterocycles. The largest absolute Gasteiger partial charge is 1.00 e. The van der Waals surface area contributed by atoms with Gasteiger partial charge in [0.05, 0.1) is 37.1 Å². The number of carbonyl (C=O) groups excluding carboxylic acids is 3. The molecule has 0 saturated carbocycles. The van der Waals surface area contributed by atoms with Gasteiger partial charge in [0, 0.05) is 102 Å². The number of H-pyrrole nitrogens is 3. The first-order valence-corrected chi connectivity index (χ1v) is 45.9. The minimum atomic E-state index is -3.75. The van der Waals surface area contributed by atoms with Crippen molar-refractivity contribution in [1.29, 1.82) is 0 Å². The van der Waals surface area contributed by atoms with Gasteiger partial charge in [-0.15, -0.1) is 0 Å². The maximum Gasteiger partial charge on any atom is 1.00 e. The normalized spacial score (nSPS) is 31.3. The van der Waals surface area contributed by atoms with E-state index in [9.17, 15) is 86.9 Å². The number of halogens is 8. The molecule has 0 spiro atoms. The first-order chi connectivity index (χ1) is 49.7. The Morgan fingerprint density at radius 2 is 0.866 bits per heavy atom. The van der Waals surface area contributed by atoms with Crippen LogP contribution in [0.2, 0.25) is 0 Å². The number of hydrogen-bond donors (Lipinski definition) is 4. The second-order valence-electron chi connectivity index (χ2n) is 31.3. The fourth-order valence-electron chi connectivity index (χ4n) is 12.1. The standard InChI is InChI=1S/C16H23F2N2O6P.C13H21F2O6P.C12H21F2O4P.C10H18O3.C9H16O4.C5H6N2O2.C3H7F2OP.B.Na.H/c1-8-7-20(15(23)19-13(8)22)14-12(25-10(3)21)9(2)11(26-14)6-16(17,18)27(4,5)24;1-7-10(6-13(14,15)22(4,5)18)21-12(20-9(3)17)11(7)19-8(2)16;1-7-8(6-12(13,14)19(4,5)15)16-10-9(7)17-11(2,3)18-10;1-5-7-6(2)8-9(11-7)13-10(3,4)12-8;1-5-6(4-10)11-8-7(5)12-9(2,3)13-8;1-3-2-6-5(9)7-4(3)8;1-7(2,6)3(4)5;;;/h7,9,11-12,14H,6H2,1-5H3,(H,19,22,23);7,10-12H,6H2,1-5H3;7-10H,6H2,1-5H3;6-9H,5H2,1-4H3;5-8,10H,4H2,1-3H3;2H,1H3,(H2,6,7,8,9);3H,1-2H3;;;/q;;;;;;;;+1;-1/t9-,11-,12-,14-;7-,10-,11-,12?;7-,8-,9-,10-;6-,7-,8-,9-;5-,6-,7-,8-;;;;;/m11111...../s1. The van der Waals surface area contributed by atoms with E-state index in [1.165, 1.54) is 19.3 Å². The van der Waals surface area contributed by atoms with Crippen LogP contribution in [0, 0.1) is 43.4 Å². The molecule has 0 aromatic carbocycles. The van der Waals surface area contributed by atoms with Crippen molar-refractivity contribution in [3.63, 3.8) is 0 Å². The number of rotatable bonds is 16. The van der Waals surface area contributed by atoms with Crippen molar-refractivity contribution in [3.8, 4) is 0 Å². The summed E-state index contributed by atoms with van der Waals surface area (Å²) in [7, 11) is -14.0. The Kier molecular flexibility index (Phi) is 38.0. The summed E-state index contributed by atoms with van der Waals surface area (Å²) in [5.74, 6) is -4.67. The maximum absolute atomic E-state index is 14.3. The molecule has 0 aliphatic carbocycles. The number of esters is 3. The predicted octanol–water partition coefficient (Wildman–Crippen LogP) is 7.81. The number of fused-ring (bicyclic) bond motifs is 3. The second-order valence-corrected chi connectivity index (χ2v) is 44.6. The van der Waals surface area contributed by atoms with Gasteiger partial charge in [-0.25, -0.2) is 18.4 Å². The Balaban J connectivity index is 0.000000680. The molecule has 30 nitrogen and oxygen atoms in total. The van der Waals surface area contributed by atoms with Crippen molar-refractivity contribution in [1.82, 2.24) is 19.5 Å². The number of aryl methyl sites for hydroxylation is 2. The number of aliphatic hydroxyl groups excluding tert-OH is 1. The number of aliphatic hydroxyl groups is 1. The van der Waals surface area contributed by atoms with Crippen molar-refractivity contribution >= 4 is 54.9 Å². The third kappa shape index (κ3) is 28.7. The second kappa shape index (κ2) is 40.6. The molecule has 2 aromatic rings. The Hall–Kier alpha value is -3.29. The van der Waals surface area contributed by atoms with Gasteiger partial charge in [-0.2, -0.15) is 26.3 Å². The molecule has 10 heterocycles. The molecule has 10 rings (SSSR count). The zero-order valence-corrected chi connectivity index (χ0v) is 73.9. The molecule has 4 N–H and O–H groups in total. The molecule has 8 saturated heterocycles. The Morgan fingerprint density at radius 3 is 1.21 bits per heavy atom. The minimum Gasteiger partial charge on any atom is -1.00 e. The van der Waals surface area contributed by atoms with Gasteiger partial charge in [0.25, 0.3) is 34.3 Å². The molecule has 0 bridgehead atoms. The smallest absolute Gasteiger partial charge is 1.00 e. The van der Waals surface area contributed by atoms with Crippen LogP contribution in [-0.4, -0.2) is 238 Å². The third-order valence-electron chi connectivity index (χ3n) is 19.0. The number of hydrogen-bond acceptors (Lipinski definition) is 26. The van der Waals surface area contributed by atoms with E-state index in [0.717, 1.165) is 85.1 Å². The summed E-state index contributed by atoms with van der Waals surface area (Å²) in [5, 5.41) is 8.99. The van der Waals surface area contributed by atoms with Crippen LogP contribution < -0.4 is 52.1 Å². The van der Waals surface area contributed by atoms with Gasteiger partial charge >= 0.3 is 58.8 Å². The molecule has 0 amide bonds. The SMILES string of the molecule is CC(=O)OC1O[C@H](CC(F)(F)P(C)(C)=O)[C@@H](C)[C@H]1OC(C)=O.CC(=O)O[C@@H]1[C@H](C)[C@@H](CC(F)(F)P(C)(C)=O)O[C@H]1n1cc(C)c(=O)[nH]c1=O.CC[C@H]1O[C@@H]2OC(C)(C)O[C@@H]2[C@@H]1C.CP(C)(=O)C(F)F.C[C@H]1[C@H]2OC(C)(C)O[C@H]2O[C@@H]1CC(F)(F)P(C)(C)=O.C[C@H]1[C@H]2OC(C)(C)O[C@H]2O[C@@H]1CO.Cc1c[nH]c(=O)[nH]c1=O.[B].[H-].[Na+]. The number of nitrogens with zero attached hydrogens (tertiary/aromatic N) is 1. The number of nitrogens with one attached hydrogen (secondary N) is 3. The summed E-state index contributed by atoms with van der Waals surface area (Å²) in [5.41, 5.74) is -11.6. The van der Waals surface area contributed by atoms with Crippen LogP contribution in [0.5, 0.6) is 0 Å². The number of ether oxygens (including phenoxy) is 14. The molecule has 1 unspecified atom stereocenters. The van der Waals surface area contributed by atoms with E-state index in [0.29, 0.717) is 17.6 Å². The fraction of sp³-hybridized carbons (Fsp3) is 0.838. The number of aromatic amines is 3. The molecule has 20 atom stereocenters. The van der Waals surface area contributed by atoms with Crippen molar-refractivity contribution in [2.75, 3.05) is 59.9 Å². The van der Waals surface area contributed by atoms with E-state index < -0.39 is 184 Å². The van der Waals surface area contributed by atoms with Gasteiger partial charge in [0.15, 0.2) is 54.7 Å². The minimum absolute atomic E-state index is 0. The molecule has 8 fully saturated rings. The Morgan fingerprint density at radius 1 is 0.536 bits per heavy atom. The molecular formula is C68H113BF8N4NaO26P4. The summed E-state index contributed by atoms with van der Waals surface area (Å²) in [6.45, 7) is 37.2. The topological polar surface area (TPSA) is 390 Å².